The number of hydrogen-bond donors (Lipinski definition) is 1. The lowest BCUT2D eigenvalue weighted by molar-refractivity contribution is -0.385. The summed E-state index contributed by atoms with van der Waals surface area (Å²) in [5, 5.41) is 20.4. The normalized spacial score (nSPS) is 21.1. The predicted molar refractivity (Wildman–Crippen MR) is 73.8 cm³/mol. The molecule has 0 spiro atoms. The van der Waals surface area contributed by atoms with E-state index in [2.05, 4.69) is 0 Å². The number of hydrogen-bond acceptors (Lipinski definition) is 4. The van der Waals surface area contributed by atoms with Crippen LogP contribution in [0.3, 0.4) is 0 Å². The zero-order valence-electron chi connectivity index (χ0n) is 11.0. The average molecular weight is 299 g/mol. The van der Waals surface area contributed by atoms with Crippen molar-refractivity contribution in [2.45, 2.75) is 18.9 Å². The summed E-state index contributed by atoms with van der Waals surface area (Å²) < 4.78 is 0. The van der Waals surface area contributed by atoms with Crippen LogP contribution in [0.5, 0.6) is 0 Å². The third kappa shape index (κ3) is 3.08. The van der Waals surface area contributed by atoms with Crippen LogP contribution >= 0.6 is 11.6 Å². The summed E-state index contributed by atoms with van der Waals surface area (Å²) in [5.74, 6) is -0.153. The van der Waals surface area contributed by atoms with Crippen LogP contribution in [0.2, 0.25) is 5.02 Å². The van der Waals surface area contributed by atoms with E-state index < -0.39 is 10.8 Å². The van der Waals surface area contributed by atoms with Crippen LogP contribution in [0.1, 0.15) is 23.2 Å². The van der Waals surface area contributed by atoms with Crippen LogP contribution < -0.4 is 0 Å². The number of rotatable bonds is 4. The van der Waals surface area contributed by atoms with E-state index in [0.717, 1.165) is 0 Å². The Morgan fingerprint density at radius 1 is 1.55 bits per heavy atom. The number of carbonyl (C=O) groups is 1. The maximum absolute atomic E-state index is 12.3. The summed E-state index contributed by atoms with van der Waals surface area (Å²) in [6, 6.07) is 4.01. The lowest BCUT2D eigenvalue weighted by Gasteiger charge is -2.34. The van der Waals surface area contributed by atoms with E-state index in [4.69, 9.17) is 11.6 Å². The van der Waals surface area contributed by atoms with E-state index >= 15 is 0 Å². The number of amides is 1. The number of carbonyl (C=O) groups excluding carboxylic acids is 1. The molecule has 1 amide bonds. The van der Waals surface area contributed by atoms with Gasteiger partial charge in [0.15, 0.2) is 0 Å². The Kier molecular flexibility index (Phi) is 4.25. The SMILES string of the molecule is CN(CC1CC(O)C1)C(=O)c1ccc(Cl)cc1[N+](=O)[O-]. The number of benzene rings is 1. The monoisotopic (exact) mass is 298 g/mol. The summed E-state index contributed by atoms with van der Waals surface area (Å²) in [5.41, 5.74) is -0.259. The van der Waals surface area contributed by atoms with Gasteiger partial charge in [-0.25, -0.2) is 0 Å². The summed E-state index contributed by atoms with van der Waals surface area (Å²) in [6.07, 6.45) is 1.05. The molecule has 108 valence electrons. The van der Waals surface area contributed by atoms with Crippen LogP contribution in [-0.4, -0.2) is 40.5 Å². The highest BCUT2D eigenvalue weighted by molar-refractivity contribution is 6.31. The van der Waals surface area contributed by atoms with Crippen molar-refractivity contribution in [2.75, 3.05) is 13.6 Å². The fraction of sp³-hybridized carbons (Fsp3) is 0.462. The first-order valence-electron chi connectivity index (χ1n) is 6.26. The van der Waals surface area contributed by atoms with Crippen molar-refractivity contribution >= 4 is 23.2 Å². The van der Waals surface area contributed by atoms with E-state index in [-0.39, 0.29) is 28.3 Å². The van der Waals surface area contributed by atoms with Gasteiger partial charge in [0.25, 0.3) is 11.6 Å². The molecule has 0 radical (unpaired) electrons. The Morgan fingerprint density at radius 2 is 2.20 bits per heavy atom. The Labute approximate surface area is 121 Å². The van der Waals surface area contributed by atoms with Gasteiger partial charge < -0.3 is 10.0 Å². The number of nitro groups is 1. The molecule has 0 saturated heterocycles. The highest BCUT2D eigenvalue weighted by Crippen LogP contribution is 2.29. The van der Waals surface area contributed by atoms with Crippen LogP contribution in [0.4, 0.5) is 5.69 Å². The third-order valence-corrected chi connectivity index (χ3v) is 3.71. The average Bonchev–Trinajstić information content (AvgIpc) is 2.35. The Bertz CT molecular complexity index is 543. The summed E-state index contributed by atoms with van der Waals surface area (Å²) in [6.45, 7) is 0.482. The topological polar surface area (TPSA) is 83.7 Å². The molecule has 1 saturated carbocycles. The molecule has 6 nitrogen and oxygen atoms in total. The fourth-order valence-electron chi connectivity index (χ4n) is 2.36. The lowest BCUT2D eigenvalue weighted by Crippen LogP contribution is -2.39. The number of nitro benzene ring substituents is 1. The summed E-state index contributed by atoms with van der Waals surface area (Å²) in [4.78, 5) is 24.1. The molecule has 1 aromatic rings. The Morgan fingerprint density at radius 3 is 2.75 bits per heavy atom. The fourth-order valence-corrected chi connectivity index (χ4v) is 2.53. The van der Waals surface area contributed by atoms with Crippen molar-refractivity contribution < 1.29 is 14.8 Å². The first-order valence-corrected chi connectivity index (χ1v) is 6.63. The van der Waals surface area contributed by atoms with Crippen molar-refractivity contribution in [3.63, 3.8) is 0 Å². The van der Waals surface area contributed by atoms with Crippen molar-refractivity contribution in [2.24, 2.45) is 5.92 Å². The molecule has 0 heterocycles. The van der Waals surface area contributed by atoms with Crippen LogP contribution in [-0.2, 0) is 0 Å². The van der Waals surface area contributed by atoms with Gasteiger partial charge in [0, 0.05) is 24.7 Å². The van der Waals surface area contributed by atoms with E-state index in [9.17, 15) is 20.0 Å². The van der Waals surface area contributed by atoms with Gasteiger partial charge in [-0.1, -0.05) is 11.6 Å². The van der Waals surface area contributed by atoms with Gasteiger partial charge in [0.1, 0.15) is 5.56 Å². The Balaban J connectivity index is 2.13. The molecular weight excluding hydrogens is 284 g/mol. The number of aliphatic hydroxyl groups excluding tert-OH is 1. The lowest BCUT2D eigenvalue weighted by atomic mass is 9.82. The minimum Gasteiger partial charge on any atom is -0.393 e. The molecule has 1 aromatic carbocycles. The van der Waals surface area contributed by atoms with Gasteiger partial charge in [0.2, 0.25) is 0 Å². The van der Waals surface area contributed by atoms with Crippen molar-refractivity contribution in [1.29, 1.82) is 0 Å². The predicted octanol–water partition coefficient (Wildman–Crippen LogP) is 2.09. The van der Waals surface area contributed by atoms with E-state index in [1.54, 1.807) is 7.05 Å². The van der Waals surface area contributed by atoms with Gasteiger partial charge in [-0.05, 0) is 30.9 Å². The Hall–Kier alpha value is -1.66. The van der Waals surface area contributed by atoms with Crippen LogP contribution in [0, 0.1) is 16.0 Å². The highest BCUT2D eigenvalue weighted by Gasteiger charge is 2.30. The van der Waals surface area contributed by atoms with Gasteiger partial charge in [-0.2, -0.15) is 0 Å². The molecule has 0 atom stereocenters. The molecule has 20 heavy (non-hydrogen) atoms. The van der Waals surface area contributed by atoms with E-state index in [0.29, 0.717) is 19.4 Å². The standard InChI is InChI=1S/C13H15ClN2O4/c1-15(7-8-4-10(17)5-8)13(18)11-3-2-9(14)6-12(11)16(19)20/h2-3,6,8,10,17H,4-5,7H2,1H3. The van der Waals surface area contributed by atoms with Crippen LogP contribution in [0.25, 0.3) is 0 Å². The van der Waals surface area contributed by atoms with Crippen LogP contribution in [0.15, 0.2) is 18.2 Å². The largest absolute Gasteiger partial charge is 0.393 e. The maximum atomic E-state index is 12.3. The molecule has 0 unspecified atom stereocenters. The number of halogens is 1. The molecule has 0 bridgehead atoms. The zero-order chi connectivity index (χ0) is 14.9. The first kappa shape index (κ1) is 14.7. The number of nitrogens with zero attached hydrogens (tertiary/aromatic N) is 2. The zero-order valence-corrected chi connectivity index (χ0v) is 11.7. The van der Waals surface area contributed by atoms with Crippen molar-refractivity contribution in [1.82, 2.24) is 4.90 Å². The molecule has 1 aliphatic carbocycles. The highest BCUT2D eigenvalue weighted by atomic mass is 35.5. The molecule has 2 rings (SSSR count). The quantitative estimate of drug-likeness (QED) is 0.681. The third-order valence-electron chi connectivity index (χ3n) is 3.48. The van der Waals surface area contributed by atoms with Gasteiger partial charge >= 0.3 is 0 Å². The molecule has 0 aliphatic heterocycles. The molecule has 1 N–H and O–H groups in total. The van der Waals surface area contributed by atoms with Gasteiger partial charge in [-0.15, -0.1) is 0 Å². The maximum Gasteiger partial charge on any atom is 0.283 e. The number of aliphatic hydroxyl groups is 1. The first-order chi connectivity index (χ1) is 9.38. The van der Waals surface area contributed by atoms with Gasteiger partial charge in [-0.3, -0.25) is 14.9 Å². The second-order valence-corrected chi connectivity index (χ2v) is 5.53. The summed E-state index contributed by atoms with van der Waals surface area (Å²) >= 11 is 5.72. The molecular formula is C13H15ClN2O4. The van der Waals surface area contributed by atoms with Gasteiger partial charge in [0.05, 0.1) is 11.0 Å². The molecule has 1 aliphatic rings. The second-order valence-electron chi connectivity index (χ2n) is 5.10. The summed E-state index contributed by atoms with van der Waals surface area (Å²) in [7, 11) is 1.60. The second kappa shape index (κ2) is 5.76. The van der Waals surface area contributed by atoms with E-state index in [1.807, 2.05) is 0 Å². The minimum atomic E-state index is -0.611. The molecule has 7 heteroatoms. The smallest absolute Gasteiger partial charge is 0.283 e. The minimum absolute atomic E-state index is 0.0294. The molecule has 1 fully saturated rings. The van der Waals surface area contributed by atoms with Crippen molar-refractivity contribution in [3.8, 4) is 0 Å². The molecule has 0 aromatic heterocycles. The van der Waals surface area contributed by atoms with E-state index in [1.165, 1.54) is 23.1 Å². The van der Waals surface area contributed by atoms with Crippen molar-refractivity contribution in [3.05, 3.63) is 38.9 Å².